The Kier molecular flexibility index (Phi) is 5.47. The smallest absolute Gasteiger partial charge is 0.255 e. The number of carbonyl (C=O) groups excluding carboxylic acids is 2. The third kappa shape index (κ3) is 4.70. The van der Waals surface area contributed by atoms with Gasteiger partial charge in [-0.05, 0) is 36.8 Å². The van der Waals surface area contributed by atoms with E-state index in [1.165, 1.54) is 24.5 Å². The van der Waals surface area contributed by atoms with Gasteiger partial charge in [0.05, 0.1) is 11.6 Å². The van der Waals surface area contributed by atoms with Crippen molar-refractivity contribution >= 4 is 17.5 Å². The van der Waals surface area contributed by atoms with Crippen molar-refractivity contribution in [1.82, 2.24) is 5.32 Å². The zero-order valence-electron chi connectivity index (χ0n) is 14.8. The second kappa shape index (κ2) is 8.14. The summed E-state index contributed by atoms with van der Waals surface area (Å²) in [6, 6.07) is 18.9. The van der Waals surface area contributed by atoms with Gasteiger partial charge in [-0.25, -0.2) is 0 Å². The molecule has 0 aliphatic carbocycles. The molecule has 0 saturated heterocycles. The van der Waals surface area contributed by atoms with Gasteiger partial charge in [0.1, 0.15) is 0 Å². The molecule has 1 heterocycles. The maximum absolute atomic E-state index is 12.3. The van der Waals surface area contributed by atoms with E-state index in [-0.39, 0.29) is 17.9 Å². The number of carbonyl (C=O) groups is 2. The maximum atomic E-state index is 12.3. The highest BCUT2D eigenvalue weighted by atomic mass is 16.5. The summed E-state index contributed by atoms with van der Waals surface area (Å²) in [5.74, 6) is -0.471. The van der Waals surface area contributed by atoms with Gasteiger partial charge in [-0.15, -0.1) is 0 Å². The molecule has 2 amide bonds. The van der Waals surface area contributed by atoms with Gasteiger partial charge in [0.15, 0.2) is 12.4 Å². The Morgan fingerprint density at radius 1 is 0.889 bits per heavy atom. The quantitative estimate of drug-likeness (QED) is 0.541. The summed E-state index contributed by atoms with van der Waals surface area (Å²) >= 11 is 0. The van der Waals surface area contributed by atoms with E-state index in [1.807, 2.05) is 31.2 Å². The van der Waals surface area contributed by atoms with E-state index in [0.29, 0.717) is 21.5 Å². The van der Waals surface area contributed by atoms with Crippen LogP contribution in [0.25, 0.3) is 0 Å². The predicted octanol–water partition coefficient (Wildman–Crippen LogP) is 3.06. The molecule has 0 spiro atoms. The normalized spacial score (nSPS) is 11.4. The van der Waals surface area contributed by atoms with Crippen LogP contribution < -0.4 is 15.4 Å². The zero-order valence-corrected chi connectivity index (χ0v) is 14.8. The fourth-order valence-corrected chi connectivity index (χ4v) is 2.61. The minimum Gasteiger partial charge on any atom is -0.619 e. The third-order valence-electron chi connectivity index (χ3n) is 4.09. The highest BCUT2D eigenvalue weighted by Gasteiger charge is 2.13. The van der Waals surface area contributed by atoms with Crippen LogP contribution in [0, 0.1) is 5.21 Å². The van der Waals surface area contributed by atoms with Gasteiger partial charge in [0, 0.05) is 23.4 Å². The van der Waals surface area contributed by atoms with Gasteiger partial charge in [-0.1, -0.05) is 30.3 Å². The maximum Gasteiger partial charge on any atom is 0.255 e. The molecule has 3 aromatic rings. The fraction of sp³-hybridized carbons (Fsp3) is 0.0952. The van der Waals surface area contributed by atoms with Gasteiger partial charge in [-0.3, -0.25) is 9.59 Å². The Bertz CT molecular complexity index is 940. The van der Waals surface area contributed by atoms with Gasteiger partial charge in [-0.2, -0.15) is 4.73 Å². The summed E-state index contributed by atoms with van der Waals surface area (Å²) in [6.45, 7) is 1.85. The van der Waals surface area contributed by atoms with Crippen LogP contribution in [0.2, 0.25) is 0 Å². The molecule has 0 fully saturated rings. The SMILES string of the molecule is CC(NC(=O)c1cc[n+]([O-])cc1)c1cccc(NC(=O)c2ccccc2)c1. The van der Waals surface area contributed by atoms with Crippen molar-refractivity contribution in [2.24, 2.45) is 0 Å². The number of nitrogens with zero attached hydrogens (tertiary/aromatic N) is 1. The highest BCUT2D eigenvalue weighted by Crippen LogP contribution is 2.18. The first-order chi connectivity index (χ1) is 13.0. The van der Waals surface area contributed by atoms with Crippen molar-refractivity contribution in [2.45, 2.75) is 13.0 Å². The Balaban J connectivity index is 1.68. The molecule has 1 atom stereocenters. The number of aromatic nitrogens is 1. The van der Waals surface area contributed by atoms with E-state index in [9.17, 15) is 14.8 Å². The molecule has 6 nitrogen and oxygen atoms in total. The van der Waals surface area contributed by atoms with Crippen molar-refractivity contribution in [3.8, 4) is 0 Å². The molecular weight excluding hydrogens is 342 g/mol. The van der Waals surface area contributed by atoms with E-state index < -0.39 is 0 Å². The summed E-state index contributed by atoms with van der Waals surface area (Å²) in [5, 5.41) is 16.8. The molecule has 2 aromatic carbocycles. The van der Waals surface area contributed by atoms with Crippen molar-refractivity contribution in [3.63, 3.8) is 0 Å². The fourth-order valence-electron chi connectivity index (χ4n) is 2.61. The second-order valence-electron chi connectivity index (χ2n) is 6.09. The lowest BCUT2D eigenvalue weighted by atomic mass is 10.1. The van der Waals surface area contributed by atoms with Crippen molar-refractivity contribution in [3.05, 3.63) is 101 Å². The lowest BCUT2D eigenvalue weighted by Gasteiger charge is -2.15. The summed E-state index contributed by atoms with van der Waals surface area (Å²) < 4.78 is 0.624. The summed E-state index contributed by atoms with van der Waals surface area (Å²) in [6.07, 6.45) is 2.55. The van der Waals surface area contributed by atoms with Crippen LogP contribution in [0.5, 0.6) is 0 Å². The predicted molar refractivity (Wildman–Crippen MR) is 102 cm³/mol. The molecule has 0 saturated carbocycles. The van der Waals surface area contributed by atoms with E-state index in [2.05, 4.69) is 10.6 Å². The Morgan fingerprint density at radius 2 is 1.56 bits per heavy atom. The van der Waals surface area contributed by atoms with Crippen LogP contribution >= 0.6 is 0 Å². The summed E-state index contributed by atoms with van der Waals surface area (Å²) in [4.78, 5) is 24.6. The average molecular weight is 361 g/mol. The molecule has 136 valence electrons. The minimum atomic E-state index is -0.276. The number of hydrogen-bond acceptors (Lipinski definition) is 3. The second-order valence-corrected chi connectivity index (χ2v) is 6.09. The van der Waals surface area contributed by atoms with Crippen molar-refractivity contribution < 1.29 is 14.3 Å². The van der Waals surface area contributed by atoms with Gasteiger partial charge in [0.2, 0.25) is 0 Å². The largest absolute Gasteiger partial charge is 0.619 e. The number of hydrogen-bond donors (Lipinski definition) is 2. The van der Waals surface area contributed by atoms with Crippen molar-refractivity contribution in [1.29, 1.82) is 0 Å². The van der Waals surface area contributed by atoms with Crippen LogP contribution in [-0.4, -0.2) is 11.8 Å². The molecule has 3 rings (SSSR count). The topological polar surface area (TPSA) is 85.1 Å². The Labute approximate surface area is 157 Å². The first-order valence-electron chi connectivity index (χ1n) is 8.49. The lowest BCUT2D eigenvalue weighted by molar-refractivity contribution is -0.605. The molecule has 0 aliphatic rings. The van der Waals surface area contributed by atoms with Crippen LogP contribution in [0.1, 0.15) is 39.2 Å². The van der Waals surface area contributed by atoms with E-state index in [0.717, 1.165) is 5.56 Å². The van der Waals surface area contributed by atoms with E-state index in [4.69, 9.17) is 0 Å². The minimum absolute atomic E-state index is 0.195. The third-order valence-corrected chi connectivity index (χ3v) is 4.09. The number of pyridine rings is 1. The first kappa shape index (κ1) is 18.1. The molecule has 1 unspecified atom stereocenters. The summed E-state index contributed by atoms with van der Waals surface area (Å²) in [5.41, 5.74) is 2.48. The molecule has 27 heavy (non-hydrogen) atoms. The van der Waals surface area contributed by atoms with E-state index >= 15 is 0 Å². The van der Waals surface area contributed by atoms with Crippen LogP contribution in [0.15, 0.2) is 79.1 Å². The number of benzene rings is 2. The Morgan fingerprint density at radius 3 is 2.26 bits per heavy atom. The van der Waals surface area contributed by atoms with E-state index in [1.54, 1.807) is 30.3 Å². The summed E-state index contributed by atoms with van der Waals surface area (Å²) in [7, 11) is 0. The monoisotopic (exact) mass is 361 g/mol. The van der Waals surface area contributed by atoms with Gasteiger partial charge in [0.25, 0.3) is 11.8 Å². The highest BCUT2D eigenvalue weighted by molar-refractivity contribution is 6.04. The number of nitrogens with one attached hydrogen (secondary N) is 2. The molecule has 0 aliphatic heterocycles. The van der Waals surface area contributed by atoms with Crippen molar-refractivity contribution in [2.75, 3.05) is 5.32 Å². The van der Waals surface area contributed by atoms with Gasteiger partial charge < -0.3 is 15.8 Å². The number of amides is 2. The zero-order chi connectivity index (χ0) is 19.2. The standard InChI is InChI=1S/C21H19N3O3/c1-15(22-20(25)17-10-12-24(27)13-11-17)18-8-5-9-19(14-18)23-21(26)16-6-3-2-4-7-16/h2-15H,1H3,(H,22,25)(H,23,26). The molecule has 2 N–H and O–H groups in total. The first-order valence-corrected chi connectivity index (χ1v) is 8.49. The van der Waals surface area contributed by atoms with Crippen LogP contribution in [-0.2, 0) is 0 Å². The average Bonchev–Trinajstić information content (AvgIpc) is 2.69. The number of anilines is 1. The van der Waals surface area contributed by atoms with Crippen LogP contribution in [0.3, 0.4) is 0 Å². The molecule has 1 aromatic heterocycles. The van der Waals surface area contributed by atoms with Gasteiger partial charge >= 0.3 is 0 Å². The molecule has 0 bridgehead atoms. The lowest BCUT2D eigenvalue weighted by Crippen LogP contribution is -2.29. The van der Waals surface area contributed by atoms with Crippen LogP contribution in [0.4, 0.5) is 5.69 Å². The Hall–Kier alpha value is -3.67. The molecular formula is C21H19N3O3. The molecule has 6 heteroatoms. The molecule has 0 radical (unpaired) electrons. The number of rotatable bonds is 5.